The summed E-state index contributed by atoms with van der Waals surface area (Å²) < 4.78 is 7.79. The van der Waals surface area contributed by atoms with Crippen molar-refractivity contribution >= 4 is 16.9 Å². The second-order valence-electron chi connectivity index (χ2n) is 7.44. The minimum Gasteiger partial charge on any atom is -0.457 e. The van der Waals surface area contributed by atoms with Crippen molar-refractivity contribution in [1.29, 1.82) is 0 Å². The standard InChI is InChI=1S/C24H21N7O2/c1-3-25-24-27-13-19(23(32)30-24)21-6-4-15-10-17(5-7-20(15)29-21)33-18-8-9-26-22(11-18)16-12-28-31(2)14-16/h4-14H,3H2,1-2H3,(H2,25,27,30,32). The third-order valence-electron chi connectivity index (χ3n) is 5.05. The molecule has 9 heteroatoms. The van der Waals surface area contributed by atoms with Crippen molar-refractivity contribution in [3.63, 3.8) is 0 Å². The highest BCUT2D eigenvalue weighted by molar-refractivity contribution is 5.83. The van der Waals surface area contributed by atoms with Crippen LogP contribution in [0.4, 0.5) is 5.95 Å². The number of aromatic nitrogens is 6. The van der Waals surface area contributed by atoms with Gasteiger partial charge in [0.2, 0.25) is 5.95 Å². The average Bonchev–Trinajstić information content (AvgIpc) is 3.26. The van der Waals surface area contributed by atoms with Crippen LogP contribution in [0.3, 0.4) is 0 Å². The van der Waals surface area contributed by atoms with Crippen molar-refractivity contribution in [2.75, 3.05) is 11.9 Å². The number of aromatic amines is 1. The van der Waals surface area contributed by atoms with Crippen LogP contribution in [0.1, 0.15) is 6.92 Å². The summed E-state index contributed by atoms with van der Waals surface area (Å²) in [4.78, 5) is 28.4. The monoisotopic (exact) mass is 439 g/mol. The first kappa shape index (κ1) is 20.4. The van der Waals surface area contributed by atoms with Gasteiger partial charge in [0.05, 0.1) is 28.7 Å². The first-order valence-electron chi connectivity index (χ1n) is 10.5. The molecule has 0 unspecified atom stereocenters. The Balaban J connectivity index is 1.40. The van der Waals surface area contributed by atoms with Crippen molar-refractivity contribution < 1.29 is 4.74 Å². The Bertz CT molecular complexity index is 1510. The number of ether oxygens (including phenoxy) is 1. The maximum absolute atomic E-state index is 12.4. The fraction of sp³-hybridized carbons (Fsp3) is 0.125. The zero-order valence-electron chi connectivity index (χ0n) is 18.1. The molecule has 0 aliphatic heterocycles. The largest absolute Gasteiger partial charge is 0.457 e. The third kappa shape index (κ3) is 4.29. The minimum absolute atomic E-state index is 0.241. The molecule has 0 saturated carbocycles. The molecule has 5 rings (SSSR count). The zero-order chi connectivity index (χ0) is 22.8. The lowest BCUT2D eigenvalue weighted by atomic mass is 10.1. The normalized spacial score (nSPS) is 11.0. The average molecular weight is 439 g/mol. The van der Waals surface area contributed by atoms with Crippen LogP contribution in [-0.4, -0.2) is 36.3 Å². The highest BCUT2D eigenvalue weighted by atomic mass is 16.5. The molecule has 9 nitrogen and oxygen atoms in total. The van der Waals surface area contributed by atoms with Crippen LogP contribution in [0.15, 0.2) is 72.0 Å². The van der Waals surface area contributed by atoms with E-state index in [2.05, 4.69) is 30.4 Å². The summed E-state index contributed by atoms with van der Waals surface area (Å²) in [6.45, 7) is 2.61. The SMILES string of the molecule is CCNc1ncc(-c2ccc3cc(Oc4ccnc(-c5cnn(C)c5)c4)ccc3n2)c(=O)[nH]1. The minimum atomic E-state index is -0.241. The lowest BCUT2D eigenvalue weighted by molar-refractivity contribution is 0.483. The van der Waals surface area contributed by atoms with Gasteiger partial charge in [-0.2, -0.15) is 5.10 Å². The van der Waals surface area contributed by atoms with E-state index in [0.717, 1.165) is 22.2 Å². The van der Waals surface area contributed by atoms with Crippen molar-refractivity contribution in [1.82, 2.24) is 29.7 Å². The first-order chi connectivity index (χ1) is 16.1. The van der Waals surface area contributed by atoms with E-state index in [1.165, 1.54) is 6.20 Å². The maximum atomic E-state index is 12.4. The molecular formula is C24H21N7O2. The van der Waals surface area contributed by atoms with Crippen LogP contribution >= 0.6 is 0 Å². The Morgan fingerprint density at radius 3 is 2.70 bits per heavy atom. The number of hydrogen-bond acceptors (Lipinski definition) is 7. The topological polar surface area (TPSA) is 111 Å². The lowest BCUT2D eigenvalue weighted by Gasteiger charge is -2.09. The summed E-state index contributed by atoms with van der Waals surface area (Å²) in [6, 6.07) is 13.0. The molecule has 164 valence electrons. The summed E-state index contributed by atoms with van der Waals surface area (Å²) in [5, 5.41) is 8.07. The highest BCUT2D eigenvalue weighted by Crippen LogP contribution is 2.28. The summed E-state index contributed by atoms with van der Waals surface area (Å²) in [7, 11) is 1.86. The molecule has 0 aliphatic rings. The highest BCUT2D eigenvalue weighted by Gasteiger charge is 2.09. The van der Waals surface area contributed by atoms with Gasteiger partial charge in [-0.3, -0.25) is 19.4 Å². The van der Waals surface area contributed by atoms with E-state index in [9.17, 15) is 4.79 Å². The van der Waals surface area contributed by atoms with Crippen molar-refractivity contribution in [3.05, 3.63) is 77.6 Å². The predicted octanol–water partition coefficient (Wildman–Crippen LogP) is 4.00. The summed E-state index contributed by atoms with van der Waals surface area (Å²) in [5.41, 5.74) is 3.19. The molecule has 0 aliphatic carbocycles. The molecule has 0 amide bonds. The molecule has 0 bridgehead atoms. The van der Waals surface area contributed by atoms with E-state index >= 15 is 0 Å². The number of nitrogens with zero attached hydrogens (tertiary/aromatic N) is 5. The molecule has 0 spiro atoms. The van der Waals surface area contributed by atoms with E-state index in [1.807, 2.05) is 56.6 Å². The number of anilines is 1. The molecule has 0 saturated heterocycles. The Morgan fingerprint density at radius 2 is 1.91 bits per heavy atom. The Kier molecular flexibility index (Phi) is 5.27. The number of rotatable bonds is 6. The second-order valence-corrected chi connectivity index (χ2v) is 7.44. The van der Waals surface area contributed by atoms with Gasteiger partial charge < -0.3 is 10.1 Å². The summed E-state index contributed by atoms with van der Waals surface area (Å²) in [5.74, 6) is 1.79. The van der Waals surface area contributed by atoms with E-state index in [1.54, 1.807) is 23.1 Å². The van der Waals surface area contributed by atoms with Crippen molar-refractivity contribution in [3.8, 4) is 34.0 Å². The van der Waals surface area contributed by atoms with E-state index in [0.29, 0.717) is 35.2 Å². The van der Waals surface area contributed by atoms with Crippen LogP contribution in [0.5, 0.6) is 11.5 Å². The molecule has 0 radical (unpaired) electrons. The van der Waals surface area contributed by atoms with Crippen LogP contribution < -0.4 is 15.6 Å². The van der Waals surface area contributed by atoms with Gasteiger partial charge in [-0.15, -0.1) is 0 Å². The molecule has 4 aromatic heterocycles. The summed E-state index contributed by atoms with van der Waals surface area (Å²) in [6.07, 6.45) is 6.91. The van der Waals surface area contributed by atoms with Gasteiger partial charge in [0.1, 0.15) is 11.5 Å². The number of fused-ring (bicyclic) bond motifs is 1. The number of H-pyrrole nitrogens is 1. The smallest absolute Gasteiger partial charge is 0.261 e. The van der Waals surface area contributed by atoms with Gasteiger partial charge in [0, 0.05) is 49.2 Å². The maximum Gasteiger partial charge on any atom is 0.261 e. The zero-order valence-corrected chi connectivity index (χ0v) is 18.1. The Hall–Kier alpha value is -4.53. The lowest BCUT2D eigenvalue weighted by Crippen LogP contribution is -2.14. The van der Waals surface area contributed by atoms with Gasteiger partial charge in [-0.1, -0.05) is 6.07 Å². The van der Waals surface area contributed by atoms with Gasteiger partial charge in [0.15, 0.2) is 0 Å². The molecule has 0 fully saturated rings. The molecule has 0 atom stereocenters. The first-order valence-corrected chi connectivity index (χ1v) is 10.5. The quantitative estimate of drug-likeness (QED) is 0.411. The van der Waals surface area contributed by atoms with Gasteiger partial charge in [-0.05, 0) is 37.3 Å². The molecule has 5 aromatic rings. The predicted molar refractivity (Wildman–Crippen MR) is 126 cm³/mol. The second kappa shape index (κ2) is 8.54. The number of aryl methyl sites for hydroxylation is 1. The van der Waals surface area contributed by atoms with E-state index < -0.39 is 0 Å². The molecular weight excluding hydrogens is 418 g/mol. The third-order valence-corrected chi connectivity index (χ3v) is 5.05. The van der Waals surface area contributed by atoms with Crippen LogP contribution in [0.2, 0.25) is 0 Å². The molecule has 1 aromatic carbocycles. The van der Waals surface area contributed by atoms with Crippen LogP contribution in [0.25, 0.3) is 33.4 Å². The number of hydrogen-bond donors (Lipinski definition) is 2. The fourth-order valence-electron chi connectivity index (χ4n) is 3.47. The number of benzene rings is 1. The van der Waals surface area contributed by atoms with Crippen molar-refractivity contribution in [2.45, 2.75) is 6.92 Å². The van der Waals surface area contributed by atoms with E-state index in [4.69, 9.17) is 4.74 Å². The van der Waals surface area contributed by atoms with E-state index in [-0.39, 0.29) is 5.56 Å². The Morgan fingerprint density at radius 1 is 1.03 bits per heavy atom. The van der Waals surface area contributed by atoms with Gasteiger partial charge >= 0.3 is 0 Å². The summed E-state index contributed by atoms with van der Waals surface area (Å²) >= 11 is 0. The number of pyridine rings is 2. The Labute approximate surface area is 189 Å². The van der Waals surface area contributed by atoms with Crippen LogP contribution in [-0.2, 0) is 7.05 Å². The molecule has 33 heavy (non-hydrogen) atoms. The number of nitrogens with one attached hydrogen (secondary N) is 2. The van der Waals surface area contributed by atoms with Crippen molar-refractivity contribution in [2.24, 2.45) is 7.05 Å². The van der Waals surface area contributed by atoms with Crippen LogP contribution in [0, 0.1) is 0 Å². The molecule has 2 N–H and O–H groups in total. The molecule has 4 heterocycles. The fourth-order valence-corrected chi connectivity index (χ4v) is 3.47. The van der Waals surface area contributed by atoms with Gasteiger partial charge in [0.25, 0.3) is 5.56 Å². The van der Waals surface area contributed by atoms with Gasteiger partial charge in [-0.25, -0.2) is 9.97 Å².